The molecule has 59 valence electrons. The van der Waals surface area contributed by atoms with E-state index in [4.69, 9.17) is 0 Å². The number of allylic oxidation sites excluding steroid dienone is 4. The highest BCUT2D eigenvalue weighted by Gasteiger charge is 2.24. The predicted octanol–water partition coefficient (Wildman–Crippen LogP) is 2.30. The number of Topliss-reactive ketones (excluding diaryl/α,β-unsaturated/α-hetero) is 1. The minimum absolute atomic E-state index is 0.211. The van der Waals surface area contributed by atoms with Gasteiger partial charge in [0.1, 0.15) is 0 Å². The second-order valence-electron chi connectivity index (χ2n) is 3.75. The maximum Gasteiger partial charge on any atom is 0.164 e. The third-order valence-corrected chi connectivity index (χ3v) is 1.61. The van der Waals surface area contributed by atoms with Crippen LogP contribution in [0.1, 0.15) is 20.8 Å². The Morgan fingerprint density at radius 2 is 1.91 bits per heavy atom. The van der Waals surface area contributed by atoms with Crippen LogP contribution in [0, 0.1) is 11.8 Å². The number of hydrogen-bond acceptors (Lipinski definition) is 1. The fourth-order valence-corrected chi connectivity index (χ4v) is 0.958. The average molecular weight is 149 g/mol. The molecule has 1 heteroatoms. The van der Waals surface area contributed by atoms with Crippen molar-refractivity contribution in [2.45, 2.75) is 20.8 Å². The van der Waals surface area contributed by atoms with E-state index >= 15 is 0 Å². The summed E-state index contributed by atoms with van der Waals surface area (Å²) in [7, 11) is 0. The van der Waals surface area contributed by atoms with Gasteiger partial charge in [-0.05, 0) is 0 Å². The molecule has 0 aromatic carbocycles. The largest absolute Gasteiger partial charge is 0.294 e. The highest BCUT2D eigenvalue weighted by molar-refractivity contribution is 6.02. The minimum Gasteiger partial charge on any atom is -0.294 e. The summed E-state index contributed by atoms with van der Waals surface area (Å²) in [5, 5.41) is 0. The molecular formula is C10H13O. The molecule has 0 saturated carbocycles. The van der Waals surface area contributed by atoms with E-state index in [1.165, 1.54) is 0 Å². The number of hydrogen-bond donors (Lipinski definition) is 0. The van der Waals surface area contributed by atoms with Crippen molar-refractivity contribution in [1.82, 2.24) is 0 Å². The van der Waals surface area contributed by atoms with E-state index in [0.29, 0.717) is 0 Å². The molecule has 1 nitrogen and oxygen atoms in total. The molecule has 0 N–H and O–H groups in total. The van der Waals surface area contributed by atoms with Gasteiger partial charge in [-0.3, -0.25) is 4.79 Å². The summed E-state index contributed by atoms with van der Waals surface area (Å²) < 4.78 is 0. The van der Waals surface area contributed by atoms with E-state index in [2.05, 4.69) is 0 Å². The molecule has 0 aromatic heterocycles. The highest BCUT2D eigenvalue weighted by Crippen LogP contribution is 2.23. The summed E-state index contributed by atoms with van der Waals surface area (Å²) in [5.74, 6) is 0.211. The molecule has 1 aliphatic rings. The lowest BCUT2D eigenvalue weighted by molar-refractivity contribution is -0.122. The van der Waals surface area contributed by atoms with Crippen LogP contribution in [0.4, 0.5) is 0 Å². The summed E-state index contributed by atoms with van der Waals surface area (Å²) in [4.78, 5) is 11.5. The maximum absolute atomic E-state index is 11.5. The molecular weight excluding hydrogens is 136 g/mol. The van der Waals surface area contributed by atoms with Crippen LogP contribution in [0.2, 0.25) is 0 Å². The first-order valence-electron chi connectivity index (χ1n) is 3.78. The van der Waals surface area contributed by atoms with Gasteiger partial charge in [-0.1, -0.05) is 39.0 Å². The second-order valence-corrected chi connectivity index (χ2v) is 3.75. The van der Waals surface area contributed by atoms with Crippen molar-refractivity contribution < 1.29 is 4.79 Å². The first kappa shape index (κ1) is 8.25. The number of ketones is 1. The van der Waals surface area contributed by atoms with Crippen LogP contribution < -0.4 is 0 Å². The van der Waals surface area contributed by atoms with Gasteiger partial charge in [-0.15, -0.1) is 0 Å². The van der Waals surface area contributed by atoms with Gasteiger partial charge in [0, 0.05) is 17.4 Å². The first-order chi connectivity index (χ1) is 5.02. The van der Waals surface area contributed by atoms with Gasteiger partial charge in [0.15, 0.2) is 5.78 Å². The molecule has 1 radical (unpaired) electrons. The molecule has 11 heavy (non-hydrogen) atoms. The smallest absolute Gasteiger partial charge is 0.164 e. The molecule has 0 spiro atoms. The molecule has 0 unspecified atom stereocenters. The van der Waals surface area contributed by atoms with Gasteiger partial charge < -0.3 is 0 Å². The van der Waals surface area contributed by atoms with Crippen molar-refractivity contribution in [3.63, 3.8) is 0 Å². The lowest BCUT2D eigenvalue weighted by Gasteiger charge is -2.16. The van der Waals surface area contributed by atoms with Gasteiger partial charge in [0.25, 0.3) is 0 Å². The van der Waals surface area contributed by atoms with E-state index in [9.17, 15) is 4.79 Å². The Labute approximate surface area is 67.8 Å². The zero-order chi connectivity index (χ0) is 8.48. The number of carbonyl (C=O) groups excluding carboxylic acids is 1. The zero-order valence-corrected chi connectivity index (χ0v) is 7.22. The fraction of sp³-hybridized carbons (Fsp3) is 0.400. The lowest BCUT2D eigenvalue weighted by atomic mass is 9.86. The Morgan fingerprint density at radius 3 is 2.27 bits per heavy atom. The maximum atomic E-state index is 11.5. The third kappa shape index (κ3) is 1.79. The van der Waals surface area contributed by atoms with E-state index < -0.39 is 0 Å². The van der Waals surface area contributed by atoms with Gasteiger partial charge in [0.05, 0.1) is 0 Å². The normalized spacial score (nSPS) is 16.8. The SMILES string of the molecule is CC(C)(C)C(=O)C1=CC=C[CH]1. The van der Waals surface area contributed by atoms with Crippen molar-refractivity contribution >= 4 is 5.78 Å². The van der Waals surface area contributed by atoms with Crippen molar-refractivity contribution in [2.75, 3.05) is 0 Å². The van der Waals surface area contributed by atoms with Crippen LogP contribution in [-0.2, 0) is 4.79 Å². The van der Waals surface area contributed by atoms with E-state index in [1.54, 1.807) is 0 Å². The summed E-state index contributed by atoms with van der Waals surface area (Å²) in [6, 6.07) is 0. The van der Waals surface area contributed by atoms with E-state index in [-0.39, 0.29) is 11.2 Å². The van der Waals surface area contributed by atoms with Crippen molar-refractivity contribution in [3.8, 4) is 0 Å². The summed E-state index contributed by atoms with van der Waals surface area (Å²) in [6.07, 6.45) is 7.49. The van der Waals surface area contributed by atoms with E-state index in [0.717, 1.165) is 5.57 Å². The Morgan fingerprint density at radius 1 is 1.27 bits per heavy atom. The minimum atomic E-state index is -0.256. The number of carbonyl (C=O) groups is 1. The Kier molecular flexibility index (Phi) is 1.99. The van der Waals surface area contributed by atoms with E-state index in [1.807, 2.05) is 45.4 Å². The Balaban J connectivity index is 2.71. The van der Waals surface area contributed by atoms with Crippen molar-refractivity contribution in [2.24, 2.45) is 5.41 Å². The van der Waals surface area contributed by atoms with Gasteiger partial charge in [-0.25, -0.2) is 0 Å². The van der Waals surface area contributed by atoms with Crippen LogP contribution in [-0.4, -0.2) is 5.78 Å². The fourth-order valence-electron chi connectivity index (χ4n) is 0.958. The van der Waals surface area contributed by atoms with Crippen LogP contribution >= 0.6 is 0 Å². The number of rotatable bonds is 1. The Bertz CT molecular complexity index is 226. The summed E-state index contributed by atoms with van der Waals surface area (Å²) in [6.45, 7) is 5.80. The summed E-state index contributed by atoms with van der Waals surface area (Å²) >= 11 is 0. The highest BCUT2D eigenvalue weighted by atomic mass is 16.1. The first-order valence-corrected chi connectivity index (χ1v) is 3.78. The molecule has 0 heterocycles. The predicted molar refractivity (Wildman–Crippen MR) is 46.0 cm³/mol. The molecule has 0 bridgehead atoms. The van der Waals surface area contributed by atoms with Crippen LogP contribution in [0.3, 0.4) is 0 Å². The zero-order valence-electron chi connectivity index (χ0n) is 7.22. The lowest BCUT2D eigenvalue weighted by Crippen LogP contribution is -2.21. The molecule has 0 fully saturated rings. The molecule has 1 rings (SSSR count). The van der Waals surface area contributed by atoms with Crippen LogP contribution in [0.15, 0.2) is 23.8 Å². The van der Waals surface area contributed by atoms with Gasteiger partial charge in [-0.2, -0.15) is 0 Å². The molecule has 0 atom stereocenters. The molecule has 0 saturated heterocycles. The topological polar surface area (TPSA) is 17.1 Å². The van der Waals surface area contributed by atoms with Gasteiger partial charge in [0.2, 0.25) is 0 Å². The molecule has 0 amide bonds. The standard InChI is InChI=1S/C10H13O/c1-10(2,3)9(11)8-6-4-5-7-8/h4-7H,1-3H3. The summed E-state index contributed by atoms with van der Waals surface area (Å²) in [5.41, 5.74) is 0.562. The monoisotopic (exact) mass is 149 g/mol. The molecule has 1 aliphatic carbocycles. The quantitative estimate of drug-likeness (QED) is 0.559. The molecule has 0 aliphatic heterocycles. The third-order valence-electron chi connectivity index (χ3n) is 1.61. The van der Waals surface area contributed by atoms with Crippen molar-refractivity contribution in [1.29, 1.82) is 0 Å². The van der Waals surface area contributed by atoms with Crippen LogP contribution in [0.25, 0.3) is 0 Å². The van der Waals surface area contributed by atoms with Crippen LogP contribution in [0.5, 0.6) is 0 Å². The average Bonchev–Trinajstić information content (AvgIpc) is 2.34. The van der Waals surface area contributed by atoms with Crippen molar-refractivity contribution in [3.05, 3.63) is 30.2 Å². The van der Waals surface area contributed by atoms with Gasteiger partial charge >= 0.3 is 0 Å². The Hall–Kier alpha value is -0.850. The molecule has 0 aromatic rings. The second kappa shape index (κ2) is 2.65.